The van der Waals surface area contributed by atoms with Crippen LogP contribution in [0.1, 0.15) is 5.56 Å². The minimum atomic E-state index is 0.271. The fourth-order valence-corrected chi connectivity index (χ4v) is 1.69. The van der Waals surface area contributed by atoms with Crippen molar-refractivity contribution in [3.63, 3.8) is 0 Å². The molecule has 0 bridgehead atoms. The standard InChI is InChI=1S/C11H7BrCl2N2O/c12-4-7-5-15-11(16-6-7)17-8-1-2-9(13)10(14)3-8/h1-3,5-6H,4H2. The first-order valence-electron chi connectivity index (χ1n) is 4.69. The molecule has 1 heterocycles. The summed E-state index contributed by atoms with van der Waals surface area (Å²) in [6, 6.07) is 5.25. The number of hydrogen-bond acceptors (Lipinski definition) is 3. The summed E-state index contributed by atoms with van der Waals surface area (Å²) in [5.41, 5.74) is 0.978. The van der Waals surface area contributed by atoms with E-state index >= 15 is 0 Å². The first kappa shape index (κ1) is 12.6. The van der Waals surface area contributed by atoms with Crippen LogP contribution in [0.2, 0.25) is 10.0 Å². The molecule has 88 valence electrons. The molecule has 0 aliphatic heterocycles. The molecule has 1 aromatic carbocycles. The fourth-order valence-electron chi connectivity index (χ4n) is 1.11. The Morgan fingerprint density at radius 3 is 2.41 bits per heavy atom. The van der Waals surface area contributed by atoms with Crippen LogP contribution >= 0.6 is 39.1 Å². The van der Waals surface area contributed by atoms with Gasteiger partial charge in [-0.05, 0) is 17.7 Å². The molecule has 0 aliphatic rings. The number of benzene rings is 1. The summed E-state index contributed by atoms with van der Waals surface area (Å²) in [6.45, 7) is 0. The Bertz CT molecular complexity index is 519. The molecule has 0 N–H and O–H groups in total. The molecule has 6 heteroatoms. The van der Waals surface area contributed by atoms with E-state index in [4.69, 9.17) is 27.9 Å². The number of nitrogens with zero attached hydrogens (tertiary/aromatic N) is 2. The summed E-state index contributed by atoms with van der Waals surface area (Å²) in [5.74, 6) is 0.547. The van der Waals surface area contributed by atoms with E-state index in [0.29, 0.717) is 21.1 Å². The fraction of sp³-hybridized carbons (Fsp3) is 0.0909. The Hall–Kier alpha value is -0.840. The third-order valence-electron chi connectivity index (χ3n) is 1.94. The van der Waals surface area contributed by atoms with Gasteiger partial charge in [0.05, 0.1) is 10.0 Å². The Balaban J connectivity index is 2.16. The zero-order valence-corrected chi connectivity index (χ0v) is 11.6. The van der Waals surface area contributed by atoms with Crippen molar-refractivity contribution < 1.29 is 4.74 Å². The quantitative estimate of drug-likeness (QED) is 0.777. The van der Waals surface area contributed by atoms with E-state index in [-0.39, 0.29) is 6.01 Å². The third-order valence-corrected chi connectivity index (χ3v) is 3.32. The van der Waals surface area contributed by atoms with Crippen molar-refractivity contribution in [1.29, 1.82) is 0 Å². The Morgan fingerprint density at radius 1 is 1.12 bits per heavy atom. The van der Waals surface area contributed by atoms with E-state index in [0.717, 1.165) is 5.56 Å². The molecular weight excluding hydrogens is 327 g/mol. The lowest BCUT2D eigenvalue weighted by molar-refractivity contribution is 0.441. The van der Waals surface area contributed by atoms with E-state index in [9.17, 15) is 0 Å². The van der Waals surface area contributed by atoms with Crippen LogP contribution in [0.4, 0.5) is 0 Å². The van der Waals surface area contributed by atoms with E-state index in [1.807, 2.05) is 0 Å². The molecule has 0 fully saturated rings. The summed E-state index contributed by atoms with van der Waals surface area (Å²) in [4.78, 5) is 8.11. The van der Waals surface area contributed by atoms with Gasteiger partial charge in [-0.25, -0.2) is 9.97 Å². The van der Waals surface area contributed by atoms with E-state index in [2.05, 4.69) is 25.9 Å². The zero-order valence-electron chi connectivity index (χ0n) is 8.53. The van der Waals surface area contributed by atoms with Gasteiger partial charge in [0.1, 0.15) is 5.75 Å². The SMILES string of the molecule is Clc1ccc(Oc2ncc(CBr)cn2)cc1Cl. The van der Waals surface area contributed by atoms with Crippen LogP contribution in [0.5, 0.6) is 11.8 Å². The van der Waals surface area contributed by atoms with Crippen LogP contribution in [-0.2, 0) is 5.33 Å². The van der Waals surface area contributed by atoms with Gasteiger partial charge in [0.25, 0.3) is 0 Å². The van der Waals surface area contributed by atoms with Crippen LogP contribution in [0.25, 0.3) is 0 Å². The number of rotatable bonds is 3. The second-order valence-electron chi connectivity index (χ2n) is 3.19. The number of hydrogen-bond donors (Lipinski definition) is 0. The normalized spacial score (nSPS) is 10.3. The molecule has 0 atom stereocenters. The molecule has 3 nitrogen and oxygen atoms in total. The van der Waals surface area contributed by atoms with Gasteiger partial charge in [-0.2, -0.15) is 0 Å². The Labute approximate surface area is 117 Å². The summed E-state index contributed by atoms with van der Waals surface area (Å²) in [6.07, 6.45) is 3.38. The second kappa shape index (κ2) is 5.67. The first-order chi connectivity index (χ1) is 8.19. The lowest BCUT2D eigenvalue weighted by Gasteiger charge is -2.04. The molecule has 0 saturated carbocycles. The highest BCUT2D eigenvalue weighted by molar-refractivity contribution is 9.08. The van der Waals surface area contributed by atoms with Crippen LogP contribution < -0.4 is 4.74 Å². The highest BCUT2D eigenvalue weighted by atomic mass is 79.9. The van der Waals surface area contributed by atoms with Crippen LogP contribution in [0.15, 0.2) is 30.6 Å². The van der Waals surface area contributed by atoms with Gasteiger partial charge < -0.3 is 4.74 Å². The third kappa shape index (κ3) is 3.31. The molecular formula is C11H7BrCl2N2O. The van der Waals surface area contributed by atoms with Gasteiger partial charge in [-0.1, -0.05) is 39.1 Å². The zero-order chi connectivity index (χ0) is 12.3. The summed E-state index contributed by atoms with van der Waals surface area (Å²) >= 11 is 15.0. The predicted molar refractivity (Wildman–Crippen MR) is 71.2 cm³/mol. The molecule has 0 saturated heterocycles. The van der Waals surface area contributed by atoms with Crippen LogP contribution in [0.3, 0.4) is 0 Å². The Kier molecular flexibility index (Phi) is 4.20. The average Bonchev–Trinajstić information content (AvgIpc) is 2.35. The summed E-state index contributed by atoms with van der Waals surface area (Å²) in [5, 5.41) is 1.62. The van der Waals surface area contributed by atoms with E-state index in [1.165, 1.54) is 0 Å². The molecule has 0 aliphatic carbocycles. The van der Waals surface area contributed by atoms with Crippen molar-refractivity contribution in [2.45, 2.75) is 5.33 Å². The maximum atomic E-state index is 5.87. The van der Waals surface area contributed by atoms with Crippen LogP contribution in [-0.4, -0.2) is 9.97 Å². The van der Waals surface area contributed by atoms with Gasteiger partial charge >= 0.3 is 6.01 Å². The number of aromatic nitrogens is 2. The lowest BCUT2D eigenvalue weighted by atomic mass is 10.3. The maximum Gasteiger partial charge on any atom is 0.321 e. The van der Waals surface area contributed by atoms with Crippen molar-refractivity contribution in [3.8, 4) is 11.8 Å². The van der Waals surface area contributed by atoms with Crippen LogP contribution in [0, 0.1) is 0 Å². The first-order valence-corrected chi connectivity index (χ1v) is 6.56. The van der Waals surface area contributed by atoms with Gasteiger partial charge in [0, 0.05) is 23.8 Å². The van der Waals surface area contributed by atoms with Gasteiger partial charge in [-0.3, -0.25) is 0 Å². The lowest BCUT2D eigenvalue weighted by Crippen LogP contribution is -1.92. The highest BCUT2D eigenvalue weighted by Gasteiger charge is 2.03. The second-order valence-corrected chi connectivity index (χ2v) is 4.56. The highest BCUT2D eigenvalue weighted by Crippen LogP contribution is 2.28. The molecule has 0 amide bonds. The average molecular weight is 334 g/mol. The van der Waals surface area contributed by atoms with Crippen molar-refractivity contribution in [2.75, 3.05) is 0 Å². The number of alkyl halides is 1. The smallest absolute Gasteiger partial charge is 0.321 e. The maximum absolute atomic E-state index is 5.87. The molecule has 0 spiro atoms. The van der Waals surface area contributed by atoms with Crippen molar-refractivity contribution in [1.82, 2.24) is 9.97 Å². The van der Waals surface area contributed by atoms with E-state index in [1.54, 1.807) is 30.6 Å². The minimum absolute atomic E-state index is 0.271. The minimum Gasteiger partial charge on any atom is -0.424 e. The van der Waals surface area contributed by atoms with Gasteiger partial charge in [-0.15, -0.1) is 0 Å². The monoisotopic (exact) mass is 332 g/mol. The molecule has 2 aromatic rings. The number of ether oxygens (including phenoxy) is 1. The van der Waals surface area contributed by atoms with Gasteiger partial charge in [0.15, 0.2) is 0 Å². The van der Waals surface area contributed by atoms with Crippen molar-refractivity contribution in [2.24, 2.45) is 0 Å². The summed E-state index contributed by atoms with van der Waals surface area (Å²) in [7, 11) is 0. The van der Waals surface area contributed by atoms with Crippen molar-refractivity contribution >= 4 is 39.1 Å². The molecule has 0 radical (unpaired) electrons. The summed E-state index contributed by atoms with van der Waals surface area (Å²) < 4.78 is 5.43. The van der Waals surface area contributed by atoms with Crippen molar-refractivity contribution in [3.05, 3.63) is 46.2 Å². The predicted octanol–water partition coefficient (Wildman–Crippen LogP) is 4.47. The number of halogens is 3. The molecule has 1 aromatic heterocycles. The molecule has 0 unspecified atom stereocenters. The Morgan fingerprint density at radius 2 is 1.82 bits per heavy atom. The van der Waals surface area contributed by atoms with Gasteiger partial charge in [0.2, 0.25) is 0 Å². The van der Waals surface area contributed by atoms with E-state index < -0.39 is 0 Å². The largest absolute Gasteiger partial charge is 0.424 e. The molecule has 17 heavy (non-hydrogen) atoms. The topological polar surface area (TPSA) is 35.0 Å². The molecule has 2 rings (SSSR count).